The van der Waals surface area contributed by atoms with Crippen molar-refractivity contribution in [1.82, 2.24) is 0 Å². The lowest BCUT2D eigenvalue weighted by molar-refractivity contribution is -0.205. The molecule has 2 rings (SSSR count). The molecule has 0 aromatic heterocycles. The molecule has 19 heavy (non-hydrogen) atoms. The molecule has 0 atom stereocenters. The molecular weight excluding hydrogens is 261 g/mol. The first-order valence-corrected chi connectivity index (χ1v) is 5.53. The van der Waals surface area contributed by atoms with E-state index in [0.717, 1.165) is 12.1 Å². The van der Waals surface area contributed by atoms with Gasteiger partial charge in [-0.3, -0.25) is 0 Å². The molecule has 0 spiro atoms. The van der Waals surface area contributed by atoms with Crippen molar-refractivity contribution in [2.45, 2.75) is 26.1 Å². The van der Waals surface area contributed by atoms with Gasteiger partial charge in [-0.25, -0.2) is 18.0 Å². The molecule has 102 valence electrons. The Labute approximate surface area is 107 Å². The van der Waals surface area contributed by atoms with E-state index < -0.39 is 29.2 Å². The largest absolute Gasteiger partial charge is 0.457 e. The van der Waals surface area contributed by atoms with Gasteiger partial charge in [-0.05, 0) is 11.6 Å². The third-order valence-electron chi connectivity index (χ3n) is 2.46. The Kier molecular flexibility index (Phi) is 3.26. The molecule has 1 aliphatic heterocycles. The van der Waals surface area contributed by atoms with Crippen molar-refractivity contribution in [3.05, 3.63) is 47.0 Å². The summed E-state index contributed by atoms with van der Waals surface area (Å²) >= 11 is 0. The Bertz CT molecular complexity index is 564. The van der Waals surface area contributed by atoms with Crippen molar-refractivity contribution in [2.75, 3.05) is 0 Å². The Balaban J connectivity index is 2.27. The van der Waals surface area contributed by atoms with E-state index in [0.29, 0.717) is 6.07 Å². The van der Waals surface area contributed by atoms with Gasteiger partial charge >= 0.3 is 5.97 Å². The molecule has 0 radical (unpaired) electrons. The van der Waals surface area contributed by atoms with Crippen LogP contribution < -0.4 is 0 Å². The zero-order valence-electron chi connectivity index (χ0n) is 10.3. The quantitative estimate of drug-likeness (QED) is 0.613. The minimum absolute atomic E-state index is 0.101. The highest BCUT2D eigenvalue weighted by atomic mass is 19.2. The fourth-order valence-electron chi connectivity index (χ4n) is 1.74. The van der Waals surface area contributed by atoms with E-state index in [9.17, 15) is 18.0 Å². The number of ether oxygens (including phenoxy) is 2. The van der Waals surface area contributed by atoms with Gasteiger partial charge in [-0.1, -0.05) is 0 Å². The number of hydrogen-bond donors (Lipinski definition) is 0. The molecule has 0 aliphatic carbocycles. The first-order valence-electron chi connectivity index (χ1n) is 5.53. The van der Waals surface area contributed by atoms with E-state index in [1.165, 1.54) is 13.8 Å². The summed E-state index contributed by atoms with van der Waals surface area (Å²) in [5.41, 5.74) is -0.101. The van der Waals surface area contributed by atoms with Gasteiger partial charge in [0.05, 0.1) is 6.08 Å². The number of carbonyl (C=O) groups is 1. The van der Waals surface area contributed by atoms with Gasteiger partial charge in [0.15, 0.2) is 11.6 Å². The maximum absolute atomic E-state index is 13.5. The summed E-state index contributed by atoms with van der Waals surface area (Å²) in [7, 11) is 0. The van der Waals surface area contributed by atoms with E-state index in [2.05, 4.69) is 0 Å². The van der Waals surface area contributed by atoms with Crippen molar-refractivity contribution in [2.24, 2.45) is 0 Å². The molecule has 0 amide bonds. The number of hydrogen-bond acceptors (Lipinski definition) is 3. The second kappa shape index (κ2) is 4.60. The fraction of sp³-hybridized carbons (Fsp3) is 0.308. The summed E-state index contributed by atoms with van der Waals surface area (Å²) in [6.07, 6.45) is 0.882. The van der Waals surface area contributed by atoms with E-state index in [4.69, 9.17) is 9.47 Å². The molecule has 1 heterocycles. The summed E-state index contributed by atoms with van der Waals surface area (Å²) in [5.74, 6) is -4.99. The number of cyclic esters (lactones) is 1. The van der Waals surface area contributed by atoms with Gasteiger partial charge < -0.3 is 9.47 Å². The van der Waals surface area contributed by atoms with E-state index in [1.807, 2.05) is 0 Å². The fourth-order valence-corrected chi connectivity index (χ4v) is 1.74. The smallest absolute Gasteiger partial charge is 0.337 e. The predicted octanol–water partition coefficient (Wildman–Crippen LogP) is 2.84. The average Bonchev–Trinajstić information content (AvgIpc) is 2.22. The standard InChI is InChI=1S/C13H11F3O3/c1-13(2)18-8(5-12(17)19-13)3-7-4-10(15)11(16)6-9(7)14/h4-6H,3H2,1-2H3. The highest BCUT2D eigenvalue weighted by Crippen LogP contribution is 2.25. The zero-order chi connectivity index (χ0) is 14.2. The molecule has 0 saturated carbocycles. The highest BCUT2D eigenvalue weighted by molar-refractivity contribution is 5.83. The van der Waals surface area contributed by atoms with Gasteiger partial charge in [0, 0.05) is 26.3 Å². The van der Waals surface area contributed by atoms with E-state index in [1.54, 1.807) is 0 Å². The van der Waals surface area contributed by atoms with E-state index >= 15 is 0 Å². The molecule has 3 nitrogen and oxygen atoms in total. The first kappa shape index (κ1) is 13.5. The van der Waals surface area contributed by atoms with Crippen LogP contribution in [0.3, 0.4) is 0 Å². The van der Waals surface area contributed by atoms with Crippen LogP contribution in [-0.2, 0) is 20.7 Å². The van der Waals surface area contributed by atoms with Crippen LogP contribution in [0.5, 0.6) is 0 Å². The minimum Gasteiger partial charge on any atom is -0.457 e. The number of carbonyl (C=O) groups excluding carboxylic acids is 1. The normalized spacial score (nSPS) is 17.5. The summed E-state index contributed by atoms with van der Waals surface area (Å²) in [6.45, 7) is 3.03. The van der Waals surface area contributed by atoms with Crippen LogP contribution in [0.25, 0.3) is 0 Å². The van der Waals surface area contributed by atoms with Crippen LogP contribution in [-0.4, -0.2) is 11.8 Å². The lowest BCUT2D eigenvalue weighted by atomic mass is 10.1. The van der Waals surface area contributed by atoms with Crippen LogP contribution in [0.1, 0.15) is 19.4 Å². The Morgan fingerprint density at radius 3 is 2.32 bits per heavy atom. The van der Waals surface area contributed by atoms with Crippen LogP contribution >= 0.6 is 0 Å². The van der Waals surface area contributed by atoms with Crippen LogP contribution in [0.4, 0.5) is 13.2 Å². The van der Waals surface area contributed by atoms with Crippen molar-refractivity contribution in [3.63, 3.8) is 0 Å². The molecule has 0 bridgehead atoms. The molecule has 0 N–H and O–H groups in total. The van der Waals surface area contributed by atoms with Gasteiger partial charge in [-0.15, -0.1) is 0 Å². The van der Waals surface area contributed by atoms with Crippen LogP contribution in [0.15, 0.2) is 24.0 Å². The molecule has 0 saturated heterocycles. The molecule has 0 fully saturated rings. The molecule has 1 aromatic carbocycles. The van der Waals surface area contributed by atoms with Gasteiger partial charge in [0.25, 0.3) is 0 Å². The van der Waals surface area contributed by atoms with Crippen LogP contribution in [0.2, 0.25) is 0 Å². The Hall–Kier alpha value is -1.98. The lowest BCUT2D eigenvalue weighted by Crippen LogP contribution is -2.34. The molecule has 1 aliphatic rings. The average molecular weight is 272 g/mol. The highest BCUT2D eigenvalue weighted by Gasteiger charge is 2.30. The van der Waals surface area contributed by atoms with Crippen molar-refractivity contribution in [3.8, 4) is 0 Å². The summed E-state index contributed by atoms with van der Waals surface area (Å²) in [4.78, 5) is 11.3. The summed E-state index contributed by atoms with van der Waals surface area (Å²) in [6, 6.07) is 1.19. The first-order chi connectivity index (χ1) is 8.77. The van der Waals surface area contributed by atoms with Gasteiger partial charge in [0.2, 0.25) is 5.79 Å². The number of halogens is 3. The van der Waals surface area contributed by atoms with E-state index in [-0.39, 0.29) is 17.7 Å². The van der Waals surface area contributed by atoms with Crippen molar-refractivity contribution in [1.29, 1.82) is 0 Å². The second-order valence-electron chi connectivity index (χ2n) is 4.57. The summed E-state index contributed by atoms with van der Waals surface area (Å²) in [5, 5.41) is 0. The SMILES string of the molecule is CC1(C)OC(=O)C=C(Cc2cc(F)c(F)cc2F)O1. The molecule has 1 aromatic rings. The number of allylic oxidation sites excluding steroid dienone is 1. The van der Waals surface area contributed by atoms with Crippen LogP contribution in [0, 0.1) is 17.5 Å². The monoisotopic (exact) mass is 272 g/mol. The number of esters is 1. The topological polar surface area (TPSA) is 35.5 Å². The predicted molar refractivity (Wildman–Crippen MR) is 59.4 cm³/mol. The lowest BCUT2D eigenvalue weighted by Gasteiger charge is -2.30. The second-order valence-corrected chi connectivity index (χ2v) is 4.57. The van der Waals surface area contributed by atoms with Crippen molar-refractivity contribution >= 4 is 5.97 Å². The molecular formula is C13H11F3O3. The third-order valence-corrected chi connectivity index (χ3v) is 2.46. The maximum atomic E-state index is 13.5. The number of benzene rings is 1. The zero-order valence-corrected chi connectivity index (χ0v) is 10.3. The number of rotatable bonds is 2. The third kappa shape index (κ3) is 3.07. The maximum Gasteiger partial charge on any atom is 0.337 e. The minimum atomic E-state index is -1.26. The van der Waals surface area contributed by atoms with Crippen molar-refractivity contribution < 1.29 is 27.4 Å². The summed E-state index contributed by atoms with van der Waals surface area (Å²) < 4.78 is 49.5. The molecule has 6 heteroatoms. The molecule has 0 unspecified atom stereocenters. The Morgan fingerprint density at radius 2 is 1.68 bits per heavy atom. The van der Waals surface area contributed by atoms with Gasteiger partial charge in [0.1, 0.15) is 11.6 Å². The Morgan fingerprint density at radius 1 is 1.05 bits per heavy atom. The van der Waals surface area contributed by atoms with Gasteiger partial charge in [-0.2, -0.15) is 0 Å².